The van der Waals surface area contributed by atoms with Gasteiger partial charge in [-0.15, -0.1) is 0 Å². The van der Waals surface area contributed by atoms with Crippen molar-refractivity contribution in [2.45, 2.75) is 13.3 Å². The number of rotatable bonds is 7. The largest absolute Gasteiger partial charge is 0.394 e. The number of hydrogen-bond donors (Lipinski definition) is 1. The first kappa shape index (κ1) is 19.3. The number of ketones is 1. The summed E-state index contributed by atoms with van der Waals surface area (Å²) in [5, 5.41) is 9.02. The third-order valence-corrected chi connectivity index (χ3v) is 4.13. The zero-order valence-electron chi connectivity index (χ0n) is 14.0. The van der Waals surface area contributed by atoms with Crippen molar-refractivity contribution >= 4 is 17.4 Å². The number of aliphatic hydroxyl groups is 1. The molecular formula is C18H19ClFNO4. The Labute approximate surface area is 149 Å². The highest BCUT2D eigenvalue weighted by Crippen LogP contribution is 2.21. The monoisotopic (exact) mass is 367 g/mol. The van der Waals surface area contributed by atoms with Gasteiger partial charge in [0.05, 0.1) is 13.2 Å². The first-order valence-corrected chi connectivity index (χ1v) is 8.07. The molecule has 0 aliphatic carbocycles. The Morgan fingerprint density at radius 3 is 2.76 bits per heavy atom. The number of carbonyl (C=O) groups excluding carboxylic acids is 1. The van der Waals surface area contributed by atoms with E-state index in [1.54, 1.807) is 20.0 Å². The van der Waals surface area contributed by atoms with E-state index < -0.39 is 5.82 Å². The predicted octanol–water partition coefficient (Wildman–Crippen LogP) is 2.27. The van der Waals surface area contributed by atoms with Gasteiger partial charge in [0.1, 0.15) is 12.4 Å². The minimum atomic E-state index is -0.498. The van der Waals surface area contributed by atoms with Crippen molar-refractivity contribution in [3.05, 3.63) is 67.8 Å². The van der Waals surface area contributed by atoms with Gasteiger partial charge >= 0.3 is 0 Å². The van der Waals surface area contributed by atoms with Crippen LogP contribution in [0.4, 0.5) is 4.39 Å². The summed E-state index contributed by atoms with van der Waals surface area (Å²) in [6.45, 7) is 1.23. The molecule has 0 aliphatic rings. The van der Waals surface area contributed by atoms with Crippen LogP contribution in [0.5, 0.6) is 0 Å². The zero-order chi connectivity index (χ0) is 18.6. The zero-order valence-corrected chi connectivity index (χ0v) is 14.8. The molecular weight excluding hydrogens is 349 g/mol. The predicted molar refractivity (Wildman–Crippen MR) is 92.9 cm³/mol. The fourth-order valence-corrected chi connectivity index (χ4v) is 2.72. The first-order valence-electron chi connectivity index (χ1n) is 7.70. The number of halogens is 2. The Bertz CT molecular complexity index is 848. The number of nitrogens with zero attached hydrogens (tertiary/aromatic N) is 1. The molecule has 0 aliphatic heterocycles. The van der Waals surface area contributed by atoms with E-state index in [9.17, 15) is 14.0 Å². The van der Waals surface area contributed by atoms with Crippen molar-refractivity contribution in [1.29, 1.82) is 0 Å². The van der Waals surface area contributed by atoms with Crippen LogP contribution in [0.3, 0.4) is 0 Å². The second kappa shape index (κ2) is 8.38. The molecule has 0 spiro atoms. The Morgan fingerprint density at radius 1 is 1.40 bits per heavy atom. The van der Waals surface area contributed by atoms with Gasteiger partial charge in [0.15, 0.2) is 5.78 Å². The van der Waals surface area contributed by atoms with Gasteiger partial charge < -0.3 is 14.4 Å². The summed E-state index contributed by atoms with van der Waals surface area (Å²) in [4.78, 5) is 24.7. The number of carbonyl (C=O) groups is 1. The number of Topliss-reactive ketones (excluding diaryl/α,β-unsaturated/α-hetero) is 1. The minimum absolute atomic E-state index is 0.0393. The van der Waals surface area contributed by atoms with Gasteiger partial charge in [-0.1, -0.05) is 17.7 Å². The molecule has 5 nitrogen and oxygen atoms in total. The van der Waals surface area contributed by atoms with E-state index in [0.29, 0.717) is 22.3 Å². The molecule has 1 N–H and O–H groups in total. The molecule has 0 amide bonds. The molecule has 7 heteroatoms. The van der Waals surface area contributed by atoms with E-state index in [-0.39, 0.29) is 42.6 Å². The molecule has 1 heterocycles. The van der Waals surface area contributed by atoms with Gasteiger partial charge in [0.25, 0.3) is 5.56 Å². The first-order chi connectivity index (χ1) is 11.8. The van der Waals surface area contributed by atoms with Crippen LogP contribution in [0.25, 0.3) is 0 Å². The number of aryl methyl sites for hydroxylation is 1. The Balaban J connectivity index is 2.45. The summed E-state index contributed by atoms with van der Waals surface area (Å²) < 4.78 is 20.5. The van der Waals surface area contributed by atoms with Crippen LogP contribution in [0, 0.1) is 12.7 Å². The molecule has 0 radical (unpaired) electrons. The lowest BCUT2D eigenvalue weighted by molar-refractivity contribution is 0.0662. The summed E-state index contributed by atoms with van der Waals surface area (Å²) in [5.74, 6) is -0.834. The highest BCUT2D eigenvalue weighted by atomic mass is 35.5. The lowest BCUT2D eigenvalue weighted by Gasteiger charge is -2.14. The van der Waals surface area contributed by atoms with E-state index in [1.807, 2.05) is 0 Å². The van der Waals surface area contributed by atoms with E-state index in [4.69, 9.17) is 21.4 Å². The van der Waals surface area contributed by atoms with Crippen molar-refractivity contribution in [2.75, 3.05) is 19.8 Å². The molecule has 25 heavy (non-hydrogen) atoms. The smallest absolute Gasteiger partial charge is 0.253 e. The highest BCUT2D eigenvalue weighted by molar-refractivity contribution is 6.30. The highest BCUT2D eigenvalue weighted by Gasteiger charge is 2.19. The van der Waals surface area contributed by atoms with Crippen LogP contribution in [-0.2, 0) is 18.2 Å². The van der Waals surface area contributed by atoms with Gasteiger partial charge in [-0.3, -0.25) is 9.59 Å². The van der Waals surface area contributed by atoms with Gasteiger partial charge in [0.2, 0.25) is 0 Å². The molecule has 0 bridgehead atoms. The van der Waals surface area contributed by atoms with Gasteiger partial charge in [0, 0.05) is 35.8 Å². The number of pyridine rings is 1. The summed E-state index contributed by atoms with van der Waals surface area (Å²) in [6, 6.07) is 4.28. The molecule has 1 aromatic carbocycles. The number of hydrogen-bond acceptors (Lipinski definition) is 4. The lowest BCUT2D eigenvalue weighted by Crippen LogP contribution is -2.25. The molecule has 0 saturated heterocycles. The molecule has 0 saturated carbocycles. The molecule has 0 fully saturated rings. The third-order valence-electron chi connectivity index (χ3n) is 3.89. The maximum atomic E-state index is 14.1. The van der Waals surface area contributed by atoms with E-state index in [0.717, 1.165) is 0 Å². The fourth-order valence-electron chi connectivity index (χ4n) is 2.56. The average molecular weight is 368 g/mol. The average Bonchev–Trinajstić information content (AvgIpc) is 2.57. The van der Waals surface area contributed by atoms with Crippen molar-refractivity contribution in [1.82, 2.24) is 4.57 Å². The maximum absolute atomic E-state index is 14.1. The van der Waals surface area contributed by atoms with Crippen LogP contribution in [0.1, 0.15) is 27.0 Å². The third kappa shape index (κ3) is 4.54. The Kier molecular flexibility index (Phi) is 6.47. The van der Waals surface area contributed by atoms with Gasteiger partial charge in [-0.05, 0) is 30.2 Å². The van der Waals surface area contributed by atoms with Crippen molar-refractivity contribution in [3.8, 4) is 0 Å². The second-order valence-corrected chi connectivity index (χ2v) is 6.11. The number of aromatic nitrogens is 1. The van der Waals surface area contributed by atoms with Crippen LogP contribution < -0.4 is 5.56 Å². The SMILES string of the molecule is Cc1c(Cc2ccc(Cl)cc2F)c(C(=O)COCCO)cn(C)c1=O. The summed E-state index contributed by atoms with van der Waals surface area (Å²) in [6.07, 6.45) is 1.52. The van der Waals surface area contributed by atoms with E-state index in [1.165, 1.54) is 22.9 Å². The van der Waals surface area contributed by atoms with E-state index >= 15 is 0 Å². The molecule has 134 valence electrons. The molecule has 0 unspecified atom stereocenters. The summed E-state index contributed by atoms with van der Waals surface area (Å²) >= 11 is 5.77. The topological polar surface area (TPSA) is 68.5 Å². The standard InChI is InChI=1S/C18H19ClFNO4/c1-11-14(7-12-3-4-13(19)8-16(12)20)15(9-21(2)18(11)24)17(23)10-25-6-5-22/h3-4,8-9,22H,5-7,10H2,1-2H3. The Hall–Kier alpha value is -2.02. The molecule has 1 aromatic heterocycles. The number of benzene rings is 1. The quantitative estimate of drug-likeness (QED) is 0.602. The van der Waals surface area contributed by atoms with Crippen LogP contribution in [0.15, 0.2) is 29.2 Å². The number of ether oxygens (including phenoxy) is 1. The molecule has 0 atom stereocenters. The van der Waals surface area contributed by atoms with Crippen LogP contribution in [0.2, 0.25) is 5.02 Å². The van der Waals surface area contributed by atoms with Crippen LogP contribution in [-0.4, -0.2) is 35.3 Å². The van der Waals surface area contributed by atoms with Crippen molar-refractivity contribution < 1.29 is 19.0 Å². The molecule has 2 aromatic rings. The van der Waals surface area contributed by atoms with Crippen LogP contribution >= 0.6 is 11.6 Å². The maximum Gasteiger partial charge on any atom is 0.253 e. The van der Waals surface area contributed by atoms with Crippen molar-refractivity contribution in [2.24, 2.45) is 7.05 Å². The van der Waals surface area contributed by atoms with E-state index in [2.05, 4.69) is 0 Å². The van der Waals surface area contributed by atoms with Gasteiger partial charge in [-0.2, -0.15) is 0 Å². The fraction of sp³-hybridized carbons (Fsp3) is 0.333. The van der Waals surface area contributed by atoms with Gasteiger partial charge in [-0.25, -0.2) is 4.39 Å². The molecule has 2 rings (SSSR count). The summed E-state index contributed by atoms with van der Waals surface area (Å²) in [5.41, 5.74) is 1.22. The number of aliphatic hydroxyl groups excluding tert-OH is 1. The van der Waals surface area contributed by atoms with Crippen molar-refractivity contribution in [3.63, 3.8) is 0 Å². The Morgan fingerprint density at radius 2 is 2.12 bits per heavy atom. The lowest BCUT2D eigenvalue weighted by atomic mass is 9.95. The minimum Gasteiger partial charge on any atom is -0.394 e. The normalized spacial score (nSPS) is 10.9. The summed E-state index contributed by atoms with van der Waals surface area (Å²) in [7, 11) is 1.55. The second-order valence-electron chi connectivity index (χ2n) is 5.67.